The molecule has 1 atom stereocenters. The van der Waals surface area contributed by atoms with Gasteiger partial charge in [-0.15, -0.1) is 0 Å². The minimum Gasteiger partial charge on any atom is -0.370 e. The zero-order chi connectivity index (χ0) is 14.0. The van der Waals surface area contributed by atoms with Gasteiger partial charge in [-0.05, 0) is 37.5 Å². The van der Waals surface area contributed by atoms with Crippen molar-refractivity contribution < 1.29 is 0 Å². The second-order valence-electron chi connectivity index (χ2n) is 6.20. The van der Waals surface area contributed by atoms with E-state index in [1.807, 2.05) is 12.4 Å². The molecule has 0 saturated heterocycles. The molecule has 1 unspecified atom stereocenters. The van der Waals surface area contributed by atoms with Crippen LogP contribution in [0.3, 0.4) is 0 Å². The summed E-state index contributed by atoms with van der Waals surface area (Å²) in [4.78, 5) is 11.1. The third-order valence-electron chi connectivity index (χ3n) is 4.82. The summed E-state index contributed by atoms with van der Waals surface area (Å²) >= 11 is 0. The summed E-state index contributed by atoms with van der Waals surface area (Å²) in [6.45, 7) is 3.01. The van der Waals surface area contributed by atoms with Gasteiger partial charge in [-0.2, -0.15) is 0 Å². The van der Waals surface area contributed by atoms with E-state index in [1.165, 1.54) is 44.1 Å². The van der Waals surface area contributed by atoms with E-state index < -0.39 is 0 Å². The zero-order valence-electron chi connectivity index (χ0n) is 12.3. The highest BCUT2D eigenvalue weighted by Gasteiger charge is 2.43. The smallest absolute Gasteiger partial charge is 0.192 e. The Morgan fingerprint density at radius 1 is 1.15 bits per heavy atom. The van der Waals surface area contributed by atoms with Gasteiger partial charge in [-0.3, -0.25) is 9.98 Å². The molecule has 1 aliphatic heterocycles. The van der Waals surface area contributed by atoms with Crippen LogP contribution in [0.5, 0.6) is 0 Å². The summed E-state index contributed by atoms with van der Waals surface area (Å²) in [5.41, 5.74) is 7.39. The van der Waals surface area contributed by atoms with Crippen molar-refractivity contribution in [1.82, 2.24) is 9.88 Å². The molecule has 1 aromatic rings. The molecule has 3 rings (SSSR count). The van der Waals surface area contributed by atoms with E-state index in [0.717, 1.165) is 12.5 Å². The van der Waals surface area contributed by atoms with Crippen molar-refractivity contribution in [1.29, 1.82) is 0 Å². The van der Waals surface area contributed by atoms with E-state index in [-0.39, 0.29) is 5.54 Å². The lowest BCUT2D eigenvalue weighted by Gasteiger charge is -2.42. The first-order valence-electron chi connectivity index (χ1n) is 7.71. The normalized spacial score (nSPS) is 28.2. The predicted octanol–water partition coefficient (Wildman–Crippen LogP) is 2.65. The van der Waals surface area contributed by atoms with Crippen LogP contribution in [-0.2, 0) is 5.54 Å². The number of hydrogen-bond acceptors (Lipinski definition) is 4. The van der Waals surface area contributed by atoms with Crippen LogP contribution < -0.4 is 5.73 Å². The molecule has 0 aromatic carbocycles. The third-order valence-corrected chi connectivity index (χ3v) is 4.82. The highest BCUT2D eigenvalue weighted by molar-refractivity contribution is 5.81. The molecule has 2 heterocycles. The molecule has 2 N–H and O–H groups in total. The van der Waals surface area contributed by atoms with Gasteiger partial charge in [0.1, 0.15) is 0 Å². The second-order valence-corrected chi connectivity index (χ2v) is 6.20. The third kappa shape index (κ3) is 2.28. The van der Waals surface area contributed by atoms with Gasteiger partial charge in [0.05, 0.1) is 12.1 Å². The molecule has 1 fully saturated rings. The number of aromatic nitrogens is 1. The summed E-state index contributed by atoms with van der Waals surface area (Å²) in [6.07, 6.45) is 11.5. The lowest BCUT2D eigenvalue weighted by Crippen LogP contribution is -2.52. The number of aliphatic imine (C=N–C) groups is 1. The van der Waals surface area contributed by atoms with Crippen molar-refractivity contribution in [2.24, 2.45) is 10.7 Å². The Morgan fingerprint density at radius 2 is 1.80 bits per heavy atom. The van der Waals surface area contributed by atoms with E-state index in [9.17, 15) is 0 Å². The van der Waals surface area contributed by atoms with Gasteiger partial charge in [-0.1, -0.05) is 25.7 Å². The van der Waals surface area contributed by atoms with Crippen molar-refractivity contribution in [2.45, 2.75) is 57.0 Å². The van der Waals surface area contributed by atoms with E-state index in [2.05, 4.69) is 33.9 Å². The number of nitrogens with two attached hydrogens (primary N) is 1. The number of pyridine rings is 1. The van der Waals surface area contributed by atoms with Crippen LogP contribution in [0.15, 0.2) is 29.5 Å². The van der Waals surface area contributed by atoms with Crippen LogP contribution in [0.4, 0.5) is 0 Å². The van der Waals surface area contributed by atoms with Crippen LogP contribution in [-0.4, -0.2) is 28.4 Å². The molecular formula is C16H24N4. The Morgan fingerprint density at radius 3 is 2.45 bits per heavy atom. The zero-order valence-corrected chi connectivity index (χ0v) is 12.3. The summed E-state index contributed by atoms with van der Waals surface area (Å²) in [6, 6.07) is 4.72. The van der Waals surface area contributed by atoms with E-state index in [1.54, 1.807) is 0 Å². The molecule has 0 spiro atoms. The van der Waals surface area contributed by atoms with Crippen molar-refractivity contribution in [3.05, 3.63) is 30.1 Å². The fourth-order valence-electron chi connectivity index (χ4n) is 3.69. The summed E-state index contributed by atoms with van der Waals surface area (Å²) in [5.74, 6) is 0.719. The Labute approximate surface area is 121 Å². The number of guanidine groups is 1. The molecule has 108 valence electrons. The van der Waals surface area contributed by atoms with Crippen molar-refractivity contribution in [2.75, 3.05) is 6.54 Å². The van der Waals surface area contributed by atoms with Gasteiger partial charge in [0.2, 0.25) is 0 Å². The van der Waals surface area contributed by atoms with Crippen LogP contribution in [0.2, 0.25) is 0 Å². The highest BCUT2D eigenvalue weighted by Crippen LogP contribution is 2.37. The molecule has 0 radical (unpaired) electrons. The minimum atomic E-state index is -0.109. The van der Waals surface area contributed by atoms with Gasteiger partial charge in [0.25, 0.3) is 0 Å². The molecule has 4 heteroatoms. The predicted molar refractivity (Wildman–Crippen MR) is 81.4 cm³/mol. The Hall–Kier alpha value is -1.58. The average Bonchev–Trinajstić information content (AvgIpc) is 2.68. The number of hydrogen-bond donors (Lipinski definition) is 1. The maximum atomic E-state index is 6.23. The molecule has 20 heavy (non-hydrogen) atoms. The number of rotatable bonds is 2. The van der Waals surface area contributed by atoms with Gasteiger partial charge >= 0.3 is 0 Å². The molecule has 1 saturated carbocycles. The Bertz CT molecular complexity index is 477. The SMILES string of the molecule is CC1(c2ccncc2)CN=C(N)N1C1CCCCCC1. The standard InChI is InChI=1S/C16H24N4/c1-16(13-8-10-18-11-9-13)12-19-15(17)20(16)14-6-4-2-3-5-7-14/h8-11,14H,2-7,12H2,1H3,(H2,17,19). The van der Waals surface area contributed by atoms with Gasteiger partial charge in [-0.25, -0.2) is 0 Å². The second kappa shape index (κ2) is 5.43. The molecule has 1 aromatic heterocycles. The van der Waals surface area contributed by atoms with Crippen molar-refractivity contribution in [3.63, 3.8) is 0 Å². The quantitative estimate of drug-likeness (QED) is 0.842. The van der Waals surface area contributed by atoms with Gasteiger partial charge < -0.3 is 10.6 Å². The summed E-state index contributed by atoms with van der Waals surface area (Å²) in [7, 11) is 0. The van der Waals surface area contributed by atoms with Crippen LogP contribution in [0.25, 0.3) is 0 Å². The lowest BCUT2D eigenvalue weighted by atomic mass is 9.89. The fourth-order valence-corrected chi connectivity index (χ4v) is 3.69. The monoisotopic (exact) mass is 272 g/mol. The maximum absolute atomic E-state index is 6.23. The first kappa shape index (κ1) is 13.4. The van der Waals surface area contributed by atoms with Gasteiger partial charge in [0.15, 0.2) is 5.96 Å². The number of nitrogens with zero attached hydrogens (tertiary/aromatic N) is 3. The van der Waals surface area contributed by atoms with Crippen molar-refractivity contribution >= 4 is 5.96 Å². The molecular weight excluding hydrogens is 248 g/mol. The van der Waals surface area contributed by atoms with E-state index in [0.29, 0.717) is 6.04 Å². The molecule has 0 bridgehead atoms. The maximum Gasteiger partial charge on any atom is 0.192 e. The van der Waals surface area contributed by atoms with Crippen LogP contribution in [0.1, 0.15) is 51.0 Å². The summed E-state index contributed by atoms with van der Waals surface area (Å²) in [5, 5.41) is 0. The minimum absolute atomic E-state index is 0.109. The fraction of sp³-hybridized carbons (Fsp3) is 0.625. The van der Waals surface area contributed by atoms with E-state index in [4.69, 9.17) is 5.73 Å². The highest BCUT2D eigenvalue weighted by atomic mass is 15.4. The van der Waals surface area contributed by atoms with E-state index >= 15 is 0 Å². The van der Waals surface area contributed by atoms with Crippen molar-refractivity contribution in [3.8, 4) is 0 Å². The summed E-state index contributed by atoms with van der Waals surface area (Å²) < 4.78 is 0. The largest absolute Gasteiger partial charge is 0.370 e. The Kier molecular flexibility index (Phi) is 3.64. The van der Waals surface area contributed by atoms with Crippen LogP contribution >= 0.6 is 0 Å². The Balaban J connectivity index is 1.91. The first-order valence-corrected chi connectivity index (χ1v) is 7.71. The topological polar surface area (TPSA) is 54.5 Å². The molecule has 1 aliphatic carbocycles. The molecule has 0 amide bonds. The first-order chi connectivity index (χ1) is 9.72. The van der Waals surface area contributed by atoms with Gasteiger partial charge in [0, 0.05) is 18.4 Å². The average molecular weight is 272 g/mol. The molecule has 2 aliphatic rings. The van der Waals surface area contributed by atoms with Crippen LogP contribution in [0, 0.1) is 0 Å². The molecule has 4 nitrogen and oxygen atoms in total. The lowest BCUT2D eigenvalue weighted by molar-refractivity contribution is 0.152.